The lowest BCUT2D eigenvalue weighted by molar-refractivity contribution is 0.0924. The fraction of sp³-hybridized carbons (Fsp3) is 0.286. The Morgan fingerprint density at radius 3 is 2.68 bits per heavy atom. The van der Waals surface area contributed by atoms with Gasteiger partial charge in [-0.2, -0.15) is 5.10 Å². The molecule has 3 aromatic rings. The maximum atomic E-state index is 13.7. The first kappa shape index (κ1) is 23.3. The van der Waals surface area contributed by atoms with Gasteiger partial charge in [-0.1, -0.05) is 6.07 Å². The molecule has 0 aliphatic carbocycles. The quantitative estimate of drug-likeness (QED) is 0.558. The van der Waals surface area contributed by atoms with Crippen molar-refractivity contribution in [2.75, 3.05) is 13.1 Å². The molecule has 1 amide bonds. The second-order valence-corrected chi connectivity index (χ2v) is 8.10. The van der Waals surface area contributed by atoms with E-state index in [1.807, 2.05) is 7.05 Å². The number of piperidine rings is 1. The Morgan fingerprint density at radius 2 is 2.03 bits per heavy atom. The minimum absolute atomic E-state index is 0. The van der Waals surface area contributed by atoms with Gasteiger partial charge in [0.15, 0.2) is 11.6 Å². The number of nitrogens with zero attached hydrogens (tertiary/aromatic N) is 3. The molecule has 0 radical (unpaired) electrons. The zero-order valence-electron chi connectivity index (χ0n) is 16.6. The van der Waals surface area contributed by atoms with Gasteiger partial charge in [0, 0.05) is 31.7 Å². The predicted molar refractivity (Wildman–Crippen MR) is 119 cm³/mol. The predicted octanol–water partition coefficient (Wildman–Crippen LogP) is 3.82. The van der Waals surface area contributed by atoms with Crippen molar-refractivity contribution in [3.63, 3.8) is 0 Å². The third kappa shape index (κ3) is 4.94. The molecule has 10 heteroatoms. The van der Waals surface area contributed by atoms with Gasteiger partial charge in [-0.15, -0.1) is 12.4 Å². The van der Waals surface area contributed by atoms with Crippen LogP contribution in [-0.2, 0) is 7.05 Å². The van der Waals surface area contributed by atoms with Crippen molar-refractivity contribution < 1.29 is 13.6 Å². The average Bonchev–Trinajstić information content (AvgIpc) is 3.08. The number of pyridine rings is 1. The van der Waals surface area contributed by atoms with Crippen LogP contribution in [-0.4, -0.2) is 39.8 Å². The number of nitrogens with one attached hydrogen (secondary N) is 2. The Balaban J connectivity index is 0.00000272. The van der Waals surface area contributed by atoms with Crippen LogP contribution in [0, 0.1) is 11.6 Å². The van der Waals surface area contributed by atoms with Gasteiger partial charge in [-0.05, 0) is 58.7 Å². The van der Waals surface area contributed by atoms with Gasteiger partial charge >= 0.3 is 0 Å². The number of benzene rings is 1. The smallest absolute Gasteiger partial charge is 0.253 e. The summed E-state index contributed by atoms with van der Waals surface area (Å²) in [7, 11) is 1.82. The number of halogens is 4. The Labute approximate surface area is 193 Å². The summed E-state index contributed by atoms with van der Waals surface area (Å²) in [5, 5.41) is 10.4. The van der Waals surface area contributed by atoms with E-state index < -0.39 is 11.6 Å². The summed E-state index contributed by atoms with van der Waals surface area (Å²) in [5.41, 5.74) is 2.61. The number of amides is 1. The molecule has 2 atom stereocenters. The molecular formula is C21H21BrClF2N5O. The average molecular weight is 513 g/mol. The maximum Gasteiger partial charge on any atom is 0.253 e. The van der Waals surface area contributed by atoms with Crippen molar-refractivity contribution in [1.82, 2.24) is 25.4 Å². The van der Waals surface area contributed by atoms with Crippen molar-refractivity contribution >= 4 is 34.2 Å². The van der Waals surface area contributed by atoms with Crippen LogP contribution < -0.4 is 10.6 Å². The molecule has 1 aromatic carbocycles. The summed E-state index contributed by atoms with van der Waals surface area (Å²) in [6.07, 6.45) is 3.92. The summed E-state index contributed by atoms with van der Waals surface area (Å²) < 4.78 is 29.5. The van der Waals surface area contributed by atoms with E-state index in [4.69, 9.17) is 0 Å². The number of aromatic nitrogens is 3. The monoisotopic (exact) mass is 511 g/mol. The Morgan fingerprint density at radius 1 is 1.23 bits per heavy atom. The molecule has 4 rings (SSSR count). The zero-order valence-corrected chi connectivity index (χ0v) is 19.0. The molecule has 0 spiro atoms. The van der Waals surface area contributed by atoms with Gasteiger partial charge in [0.1, 0.15) is 5.69 Å². The van der Waals surface area contributed by atoms with Crippen LogP contribution in [0.15, 0.2) is 47.2 Å². The molecule has 31 heavy (non-hydrogen) atoms. The molecule has 6 nitrogen and oxygen atoms in total. The van der Waals surface area contributed by atoms with Crippen molar-refractivity contribution in [3.8, 4) is 11.4 Å². The molecule has 2 N–H and O–H groups in total. The zero-order chi connectivity index (χ0) is 21.3. The van der Waals surface area contributed by atoms with E-state index in [0.29, 0.717) is 29.8 Å². The number of hydrogen-bond acceptors (Lipinski definition) is 4. The van der Waals surface area contributed by atoms with Crippen LogP contribution in [0.3, 0.4) is 0 Å². The number of aryl methyl sites for hydroxylation is 1. The summed E-state index contributed by atoms with van der Waals surface area (Å²) in [6, 6.07) is 7.15. The van der Waals surface area contributed by atoms with E-state index in [-0.39, 0.29) is 30.3 Å². The van der Waals surface area contributed by atoms with Crippen LogP contribution in [0.25, 0.3) is 11.4 Å². The Kier molecular flexibility index (Phi) is 7.40. The number of carbonyl (C=O) groups is 1. The van der Waals surface area contributed by atoms with Gasteiger partial charge in [0.2, 0.25) is 0 Å². The van der Waals surface area contributed by atoms with Crippen LogP contribution >= 0.6 is 28.3 Å². The van der Waals surface area contributed by atoms with E-state index in [2.05, 4.69) is 36.6 Å². The fourth-order valence-electron chi connectivity index (χ4n) is 3.77. The first-order chi connectivity index (χ1) is 14.4. The summed E-state index contributed by atoms with van der Waals surface area (Å²) in [6.45, 7) is 1.29. The van der Waals surface area contributed by atoms with Gasteiger partial charge in [-0.3, -0.25) is 14.5 Å². The largest absolute Gasteiger partial charge is 0.347 e. The Hall–Kier alpha value is -2.36. The van der Waals surface area contributed by atoms with Crippen LogP contribution in [0.4, 0.5) is 8.78 Å². The van der Waals surface area contributed by atoms with E-state index in [1.54, 1.807) is 29.1 Å². The van der Waals surface area contributed by atoms with Crippen LogP contribution in [0.1, 0.15) is 28.3 Å². The number of hydrogen-bond donors (Lipinski definition) is 2. The maximum absolute atomic E-state index is 13.7. The van der Waals surface area contributed by atoms with E-state index in [1.165, 1.54) is 12.3 Å². The van der Waals surface area contributed by atoms with Gasteiger partial charge in [-0.25, -0.2) is 8.78 Å². The third-order valence-corrected chi connectivity index (χ3v) is 5.91. The van der Waals surface area contributed by atoms with Crippen LogP contribution in [0.5, 0.6) is 0 Å². The van der Waals surface area contributed by atoms with Crippen molar-refractivity contribution in [3.05, 3.63) is 70.0 Å². The SMILES string of the molecule is Cl.Cn1ncc(Br)c1-c1ccc(C(=O)N[C@@H]2CNCC[C@H]2c2ccc(F)c(F)c2)cn1. The molecule has 1 aliphatic rings. The third-order valence-electron chi connectivity index (χ3n) is 5.33. The molecular weight excluding hydrogens is 492 g/mol. The number of carbonyl (C=O) groups excluding carboxylic acids is 1. The van der Waals surface area contributed by atoms with Crippen molar-refractivity contribution in [2.24, 2.45) is 7.05 Å². The summed E-state index contributed by atoms with van der Waals surface area (Å²) >= 11 is 3.45. The number of rotatable bonds is 4. The highest BCUT2D eigenvalue weighted by molar-refractivity contribution is 9.10. The minimum atomic E-state index is -0.878. The van der Waals surface area contributed by atoms with Crippen LogP contribution in [0.2, 0.25) is 0 Å². The first-order valence-electron chi connectivity index (χ1n) is 9.54. The highest BCUT2D eigenvalue weighted by atomic mass is 79.9. The highest BCUT2D eigenvalue weighted by Gasteiger charge is 2.28. The molecule has 0 unspecified atom stereocenters. The van der Waals surface area contributed by atoms with Gasteiger partial charge < -0.3 is 10.6 Å². The minimum Gasteiger partial charge on any atom is -0.347 e. The van der Waals surface area contributed by atoms with Crippen molar-refractivity contribution in [1.29, 1.82) is 0 Å². The molecule has 3 heterocycles. The normalized spacial score (nSPS) is 18.3. The standard InChI is InChI=1S/C21H20BrF2N5O.ClH/c1-29-20(15(22)10-27-29)18-5-3-13(9-26-18)21(30)28-19-11-25-7-6-14(19)12-2-4-16(23)17(24)8-12;/h2-5,8-10,14,19,25H,6-7,11H2,1H3,(H,28,30);1H/t14-,19+;/m0./s1. The summed E-state index contributed by atoms with van der Waals surface area (Å²) in [4.78, 5) is 17.2. The van der Waals surface area contributed by atoms with E-state index >= 15 is 0 Å². The highest BCUT2D eigenvalue weighted by Crippen LogP contribution is 2.28. The van der Waals surface area contributed by atoms with E-state index in [9.17, 15) is 13.6 Å². The molecule has 1 aliphatic heterocycles. The van der Waals surface area contributed by atoms with E-state index in [0.717, 1.165) is 22.8 Å². The first-order valence-corrected chi connectivity index (χ1v) is 10.3. The molecule has 0 saturated carbocycles. The van der Waals surface area contributed by atoms with Crippen molar-refractivity contribution in [2.45, 2.75) is 18.4 Å². The topological polar surface area (TPSA) is 71.8 Å². The lowest BCUT2D eigenvalue weighted by Crippen LogP contribution is -2.50. The second-order valence-electron chi connectivity index (χ2n) is 7.25. The molecule has 1 saturated heterocycles. The lowest BCUT2D eigenvalue weighted by Gasteiger charge is -2.33. The summed E-state index contributed by atoms with van der Waals surface area (Å²) in [5.74, 6) is -2.13. The molecule has 164 valence electrons. The van der Waals surface area contributed by atoms with Gasteiger partial charge in [0.05, 0.1) is 21.9 Å². The second kappa shape index (κ2) is 9.84. The van der Waals surface area contributed by atoms with Gasteiger partial charge in [0.25, 0.3) is 5.91 Å². The lowest BCUT2D eigenvalue weighted by atomic mass is 9.86. The molecule has 2 aromatic heterocycles. The fourth-order valence-corrected chi connectivity index (χ4v) is 4.32. The molecule has 0 bridgehead atoms. The molecule has 1 fully saturated rings. The Bertz CT molecular complexity index is 1060.